The summed E-state index contributed by atoms with van der Waals surface area (Å²) in [7, 11) is 0. The van der Waals surface area contributed by atoms with Gasteiger partial charge in [-0.15, -0.1) is 0 Å². The number of esters is 1. The van der Waals surface area contributed by atoms with Gasteiger partial charge in [-0.25, -0.2) is 4.79 Å². The highest BCUT2D eigenvalue weighted by Gasteiger charge is 2.17. The number of rotatable bonds is 8. The zero-order chi connectivity index (χ0) is 22.4. The molecule has 1 unspecified atom stereocenters. The molecule has 0 bridgehead atoms. The van der Waals surface area contributed by atoms with Crippen LogP contribution in [0.5, 0.6) is 11.5 Å². The quantitative estimate of drug-likeness (QED) is 0.383. The summed E-state index contributed by atoms with van der Waals surface area (Å²) in [6, 6.07) is 20.2. The predicted octanol–water partition coefficient (Wildman–Crippen LogP) is 6.65. The van der Waals surface area contributed by atoms with Gasteiger partial charge >= 0.3 is 5.97 Å². The van der Waals surface area contributed by atoms with Crippen LogP contribution in [0.1, 0.15) is 58.1 Å². The van der Waals surface area contributed by atoms with Crippen LogP contribution in [0.15, 0.2) is 60.7 Å². The Morgan fingerprint density at radius 1 is 0.871 bits per heavy atom. The van der Waals surface area contributed by atoms with E-state index in [1.807, 2.05) is 57.2 Å². The Balaban J connectivity index is 1.71. The number of hydrogen-bond acceptors (Lipinski definition) is 4. The van der Waals surface area contributed by atoms with Crippen LogP contribution in [-0.4, -0.2) is 18.2 Å². The van der Waals surface area contributed by atoms with Crippen LogP contribution in [0.3, 0.4) is 0 Å². The Morgan fingerprint density at radius 3 is 2.00 bits per heavy atom. The molecule has 0 saturated heterocycles. The third-order valence-electron chi connectivity index (χ3n) is 5.16. The molecule has 0 aliphatic rings. The molecule has 0 aromatic heterocycles. The predicted molar refractivity (Wildman–Crippen MR) is 125 cm³/mol. The first-order chi connectivity index (χ1) is 14.8. The van der Waals surface area contributed by atoms with Crippen molar-refractivity contribution >= 4 is 16.7 Å². The maximum atomic E-state index is 12.0. The number of fused-ring (bicyclic) bond motifs is 1. The van der Waals surface area contributed by atoms with Gasteiger partial charge in [-0.3, -0.25) is 0 Å². The SMILES string of the molecule is CCC(C)c1ccc(COc2cccc3c(OCC(=O)OC(C)(C)C)cccc23)cc1. The smallest absolute Gasteiger partial charge is 0.344 e. The first-order valence-electron chi connectivity index (χ1n) is 10.8. The molecule has 1 atom stereocenters. The van der Waals surface area contributed by atoms with E-state index in [-0.39, 0.29) is 6.61 Å². The van der Waals surface area contributed by atoms with E-state index in [9.17, 15) is 4.79 Å². The van der Waals surface area contributed by atoms with Gasteiger partial charge in [-0.1, -0.05) is 62.4 Å². The van der Waals surface area contributed by atoms with Gasteiger partial charge in [0.1, 0.15) is 23.7 Å². The van der Waals surface area contributed by atoms with E-state index in [2.05, 4.69) is 38.1 Å². The van der Waals surface area contributed by atoms with Gasteiger partial charge in [0, 0.05) is 10.8 Å². The van der Waals surface area contributed by atoms with Crippen LogP contribution < -0.4 is 9.47 Å². The molecule has 0 N–H and O–H groups in total. The monoisotopic (exact) mass is 420 g/mol. The Morgan fingerprint density at radius 2 is 1.45 bits per heavy atom. The second kappa shape index (κ2) is 9.86. The lowest BCUT2D eigenvalue weighted by molar-refractivity contribution is -0.157. The van der Waals surface area contributed by atoms with Gasteiger partial charge in [0.05, 0.1) is 0 Å². The molecule has 0 radical (unpaired) electrons. The summed E-state index contributed by atoms with van der Waals surface area (Å²) in [5.41, 5.74) is 1.94. The number of hydrogen-bond donors (Lipinski definition) is 0. The van der Waals surface area contributed by atoms with Crippen LogP contribution in [0.4, 0.5) is 0 Å². The van der Waals surface area contributed by atoms with Crippen molar-refractivity contribution in [2.24, 2.45) is 0 Å². The van der Waals surface area contributed by atoms with Crippen molar-refractivity contribution in [2.45, 2.75) is 59.2 Å². The molecule has 4 heteroatoms. The van der Waals surface area contributed by atoms with Crippen molar-refractivity contribution in [1.82, 2.24) is 0 Å². The van der Waals surface area contributed by atoms with E-state index in [1.165, 1.54) is 5.56 Å². The third-order valence-corrected chi connectivity index (χ3v) is 5.16. The zero-order valence-electron chi connectivity index (χ0n) is 19.1. The van der Waals surface area contributed by atoms with Crippen molar-refractivity contribution < 1.29 is 19.0 Å². The normalized spacial score (nSPS) is 12.4. The lowest BCUT2D eigenvalue weighted by atomic mass is 9.98. The fraction of sp³-hybridized carbons (Fsp3) is 0.370. The molecule has 3 aromatic rings. The van der Waals surface area contributed by atoms with E-state index in [0.717, 1.165) is 28.5 Å². The van der Waals surface area contributed by atoms with Crippen LogP contribution in [-0.2, 0) is 16.1 Å². The minimum Gasteiger partial charge on any atom is -0.488 e. The Hall–Kier alpha value is -3.01. The Kier molecular flexibility index (Phi) is 7.21. The molecule has 0 aliphatic carbocycles. The number of benzene rings is 3. The largest absolute Gasteiger partial charge is 0.488 e. The lowest BCUT2D eigenvalue weighted by Gasteiger charge is -2.19. The van der Waals surface area contributed by atoms with Crippen LogP contribution in [0.2, 0.25) is 0 Å². The fourth-order valence-electron chi connectivity index (χ4n) is 3.35. The highest BCUT2D eigenvalue weighted by Crippen LogP contribution is 2.32. The van der Waals surface area contributed by atoms with Crippen LogP contribution in [0.25, 0.3) is 10.8 Å². The summed E-state index contributed by atoms with van der Waals surface area (Å²) < 4.78 is 17.2. The Labute approximate surface area is 185 Å². The summed E-state index contributed by atoms with van der Waals surface area (Å²) in [5.74, 6) is 1.59. The molecule has 0 spiro atoms. The van der Waals surface area contributed by atoms with Crippen molar-refractivity contribution in [3.63, 3.8) is 0 Å². The molecule has 0 aliphatic heterocycles. The van der Waals surface area contributed by atoms with Crippen LogP contribution >= 0.6 is 0 Å². The summed E-state index contributed by atoms with van der Waals surface area (Å²) in [5, 5.41) is 1.84. The molecule has 0 heterocycles. The average molecular weight is 421 g/mol. The van der Waals surface area contributed by atoms with Crippen molar-refractivity contribution in [1.29, 1.82) is 0 Å². The highest BCUT2D eigenvalue weighted by molar-refractivity contribution is 5.93. The van der Waals surface area contributed by atoms with Crippen molar-refractivity contribution in [3.05, 3.63) is 71.8 Å². The Bertz CT molecular complexity index is 1020. The fourth-order valence-corrected chi connectivity index (χ4v) is 3.35. The molecule has 3 aromatic carbocycles. The summed E-state index contributed by atoms with van der Waals surface area (Å²) in [4.78, 5) is 12.0. The summed E-state index contributed by atoms with van der Waals surface area (Å²) >= 11 is 0. The summed E-state index contributed by atoms with van der Waals surface area (Å²) in [6.07, 6.45) is 1.13. The van der Waals surface area contributed by atoms with Gasteiger partial charge in [0.15, 0.2) is 6.61 Å². The lowest BCUT2D eigenvalue weighted by Crippen LogP contribution is -2.27. The number of carbonyl (C=O) groups excluding carboxylic acids is 1. The minimum atomic E-state index is -0.535. The van der Waals surface area contributed by atoms with E-state index in [1.54, 1.807) is 0 Å². The molecular weight excluding hydrogens is 388 g/mol. The number of ether oxygens (including phenoxy) is 3. The third kappa shape index (κ3) is 6.24. The molecule has 0 saturated carbocycles. The maximum absolute atomic E-state index is 12.0. The molecular formula is C27H32O4. The van der Waals surface area contributed by atoms with Gasteiger partial charge in [0.2, 0.25) is 0 Å². The number of carbonyl (C=O) groups is 1. The van der Waals surface area contributed by atoms with Crippen LogP contribution in [0, 0.1) is 0 Å². The molecule has 3 rings (SSSR count). The maximum Gasteiger partial charge on any atom is 0.344 e. The second-order valence-electron chi connectivity index (χ2n) is 8.82. The molecule has 0 fully saturated rings. The van der Waals surface area contributed by atoms with Crippen molar-refractivity contribution in [2.75, 3.05) is 6.61 Å². The molecule has 31 heavy (non-hydrogen) atoms. The van der Waals surface area contributed by atoms with Crippen molar-refractivity contribution in [3.8, 4) is 11.5 Å². The highest BCUT2D eigenvalue weighted by atomic mass is 16.6. The molecule has 164 valence electrons. The van der Waals surface area contributed by atoms with E-state index in [4.69, 9.17) is 14.2 Å². The van der Waals surface area contributed by atoms with Gasteiger partial charge in [-0.2, -0.15) is 0 Å². The minimum absolute atomic E-state index is 0.135. The second-order valence-corrected chi connectivity index (χ2v) is 8.82. The standard InChI is InChI=1S/C27H32O4/c1-6-19(2)21-15-13-20(14-16-21)17-29-24-11-7-10-23-22(24)9-8-12-25(23)30-18-26(28)31-27(3,4)5/h7-16,19H,6,17-18H2,1-5H3. The van der Waals surface area contributed by atoms with E-state index in [0.29, 0.717) is 18.3 Å². The van der Waals surface area contributed by atoms with Gasteiger partial charge in [-0.05, 0) is 56.4 Å². The first kappa shape index (κ1) is 22.7. The van der Waals surface area contributed by atoms with E-state index < -0.39 is 11.6 Å². The summed E-state index contributed by atoms with van der Waals surface area (Å²) in [6.45, 7) is 10.3. The molecule has 4 nitrogen and oxygen atoms in total. The first-order valence-corrected chi connectivity index (χ1v) is 10.8. The van der Waals surface area contributed by atoms with E-state index >= 15 is 0 Å². The zero-order valence-corrected chi connectivity index (χ0v) is 19.1. The van der Waals surface area contributed by atoms with Gasteiger partial charge < -0.3 is 14.2 Å². The average Bonchev–Trinajstić information content (AvgIpc) is 2.74. The molecule has 0 amide bonds. The van der Waals surface area contributed by atoms with Gasteiger partial charge in [0.25, 0.3) is 0 Å². The topological polar surface area (TPSA) is 44.8 Å².